The fourth-order valence-corrected chi connectivity index (χ4v) is 2.04. The lowest BCUT2D eigenvalue weighted by Gasteiger charge is -2.09. The Kier molecular flexibility index (Phi) is 3.49. The Balaban J connectivity index is 1.86. The molecule has 0 saturated heterocycles. The number of benzene rings is 1. The van der Waals surface area contributed by atoms with Crippen molar-refractivity contribution in [2.24, 2.45) is 0 Å². The predicted molar refractivity (Wildman–Crippen MR) is 60.1 cm³/mol. The zero-order valence-corrected chi connectivity index (χ0v) is 9.44. The third-order valence-electron chi connectivity index (χ3n) is 2.03. The van der Waals surface area contributed by atoms with Crippen molar-refractivity contribution in [3.8, 4) is 0 Å². The number of halogens is 3. The first-order chi connectivity index (χ1) is 8.04. The SMILES string of the molecule is FC(F)(F)OCCNc1ccc2ncsc2c1. The van der Waals surface area contributed by atoms with Crippen LogP contribution < -0.4 is 5.32 Å². The first-order valence-electron chi connectivity index (χ1n) is 4.82. The molecule has 1 heterocycles. The van der Waals surface area contributed by atoms with Gasteiger partial charge in [-0.05, 0) is 18.2 Å². The summed E-state index contributed by atoms with van der Waals surface area (Å²) in [5.41, 5.74) is 3.36. The van der Waals surface area contributed by atoms with Crippen molar-refractivity contribution in [3.63, 3.8) is 0 Å². The second-order valence-electron chi connectivity index (χ2n) is 3.26. The van der Waals surface area contributed by atoms with E-state index in [9.17, 15) is 13.2 Å². The van der Waals surface area contributed by atoms with E-state index in [0.29, 0.717) is 0 Å². The van der Waals surface area contributed by atoms with Crippen LogP contribution in [-0.4, -0.2) is 24.5 Å². The van der Waals surface area contributed by atoms with Crippen molar-refractivity contribution in [2.75, 3.05) is 18.5 Å². The van der Waals surface area contributed by atoms with E-state index in [0.717, 1.165) is 15.9 Å². The van der Waals surface area contributed by atoms with Crippen molar-refractivity contribution in [2.45, 2.75) is 6.36 Å². The lowest BCUT2D eigenvalue weighted by atomic mass is 10.3. The minimum Gasteiger partial charge on any atom is -0.383 e. The smallest absolute Gasteiger partial charge is 0.383 e. The van der Waals surface area contributed by atoms with Crippen LogP contribution in [-0.2, 0) is 4.74 Å². The minimum absolute atomic E-state index is 0.101. The van der Waals surface area contributed by atoms with Gasteiger partial charge < -0.3 is 5.32 Å². The molecule has 3 nitrogen and oxygen atoms in total. The molecule has 0 unspecified atom stereocenters. The Hall–Kier alpha value is -1.34. The number of fused-ring (bicyclic) bond motifs is 1. The highest BCUT2D eigenvalue weighted by Gasteiger charge is 2.28. The first-order valence-corrected chi connectivity index (χ1v) is 5.70. The van der Waals surface area contributed by atoms with Crippen LogP contribution in [0.2, 0.25) is 0 Å². The van der Waals surface area contributed by atoms with Crippen molar-refractivity contribution >= 4 is 27.2 Å². The lowest BCUT2D eigenvalue weighted by Crippen LogP contribution is -2.19. The number of ether oxygens (including phenoxy) is 1. The van der Waals surface area contributed by atoms with Crippen LogP contribution in [0.5, 0.6) is 0 Å². The van der Waals surface area contributed by atoms with Gasteiger partial charge in [-0.2, -0.15) is 0 Å². The molecule has 0 saturated carbocycles. The quantitative estimate of drug-likeness (QED) is 0.859. The third-order valence-corrected chi connectivity index (χ3v) is 2.82. The molecule has 1 aromatic carbocycles. The summed E-state index contributed by atoms with van der Waals surface area (Å²) in [6.45, 7) is -0.311. The van der Waals surface area contributed by atoms with Crippen LogP contribution in [0.1, 0.15) is 0 Å². The van der Waals surface area contributed by atoms with E-state index in [-0.39, 0.29) is 6.54 Å². The second kappa shape index (κ2) is 4.89. The minimum atomic E-state index is -4.57. The summed E-state index contributed by atoms with van der Waals surface area (Å²) in [4.78, 5) is 4.11. The maximum absolute atomic E-state index is 11.7. The van der Waals surface area contributed by atoms with Gasteiger partial charge in [0.2, 0.25) is 0 Å². The zero-order chi connectivity index (χ0) is 12.3. The Labute approximate surface area is 99.2 Å². The van der Waals surface area contributed by atoms with E-state index >= 15 is 0 Å². The maximum atomic E-state index is 11.7. The topological polar surface area (TPSA) is 34.1 Å². The molecule has 0 bridgehead atoms. The molecule has 0 aliphatic heterocycles. The van der Waals surface area contributed by atoms with E-state index < -0.39 is 13.0 Å². The van der Waals surface area contributed by atoms with Crippen LogP contribution in [0.3, 0.4) is 0 Å². The van der Waals surface area contributed by atoms with E-state index in [1.807, 2.05) is 12.1 Å². The maximum Gasteiger partial charge on any atom is 0.522 e. The standard InChI is InChI=1S/C10H9F3N2OS/c11-10(12,13)16-4-3-14-7-1-2-8-9(5-7)17-6-15-8/h1-2,5-6,14H,3-4H2. The summed E-state index contributed by atoms with van der Waals surface area (Å²) < 4.78 is 39.7. The molecule has 0 aliphatic carbocycles. The summed E-state index contributed by atoms with van der Waals surface area (Å²) in [7, 11) is 0. The largest absolute Gasteiger partial charge is 0.522 e. The van der Waals surface area contributed by atoms with Crippen LogP contribution in [0, 0.1) is 0 Å². The molecule has 1 N–H and O–H groups in total. The van der Waals surface area contributed by atoms with Crippen molar-refractivity contribution in [1.29, 1.82) is 0 Å². The fraction of sp³-hybridized carbons (Fsp3) is 0.300. The Morgan fingerprint density at radius 1 is 1.35 bits per heavy atom. The van der Waals surface area contributed by atoms with Crippen LogP contribution in [0.25, 0.3) is 10.2 Å². The number of hydrogen-bond donors (Lipinski definition) is 1. The summed E-state index contributed by atoms with van der Waals surface area (Å²) >= 11 is 1.48. The highest BCUT2D eigenvalue weighted by molar-refractivity contribution is 7.16. The summed E-state index contributed by atoms with van der Waals surface area (Å²) in [5.74, 6) is 0. The van der Waals surface area contributed by atoms with Gasteiger partial charge in [0.05, 0.1) is 22.3 Å². The van der Waals surface area contributed by atoms with Gasteiger partial charge in [0.15, 0.2) is 0 Å². The highest BCUT2D eigenvalue weighted by atomic mass is 32.1. The van der Waals surface area contributed by atoms with Gasteiger partial charge in [-0.15, -0.1) is 24.5 Å². The molecule has 0 aliphatic rings. The number of rotatable bonds is 4. The molecule has 0 amide bonds. The van der Waals surface area contributed by atoms with E-state index in [1.54, 1.807) is 11.6 Å². The molecule has 2 rings (SSSR count). The molecule has 0 spiro atoms. The molecule has 1 aromatic heterocycles. The van der Waals surface area contributed by atoms with Gasteiger partial charge in [0.1, 0.15) is 0 Å². The number of hydrogen-bond acceptors (Lipinski definition) is 4. The summed E-state index contributed by atoms with van der Waals surface area (Å²) in [6, 6.07) is 5.44. The summed E-state index contributed by atoms with van der Waals surface area (Å²) in [6.07, 6.45) is -4.57. The number of aromatic nitrogens is 1. The number of anilines is 1. The third kappa shape index (κ3) is 3.57. The zero-order valence-electron chi connectivity index (χ0n) is 8.62. The molecule has 0 fully saturated rings. The van der Waals surface area contributed by atoms with Gasteiger partial charge in [0.25, 0.3) is 0 Å². The molecule has 17 heavy (non-hydrogen) atoms. The monoisotopic (exact) mass is 262 g/mol. The molecule has 7 heteroatoms. The molecular weight excluding hydrogens is 253 g/mol. The van der Waals surface area contributed by atoms with E-state index in [1.165, 1.54) is 11.3 Å². The lowest BCUT2D eigenvalue weighted by molar-refractivity contribution is -0.322. The number of alkyl halides is 3. The van der Waals surface area contributed by atoms with Crippen LogP contribution in [0.15, 0.2) is 23.7 Å². The fourth-order valence-electron chi connectivity index (χ4n) is 1.33. The van der Waals surface area contributed by atoms with Gasteiger partial charge in [-0.25, -0.2) is 4.98 Å². The van der Waals surface area contributed by atoms with E-state index in [2.05, 4.69) is 15.0 Å². The molecule has 0 atom stereocenters. The van der Waals surface area contributed by atoms with Crippen molar-refractivity contribution in [3.05, 3.63) is 23.7 Å². The normalized spacial score (nSPS) is 11.9. The van der Waals surface area contributed by atoms with E-state index in [4.69, 9.17) is 0 Å². The molecule has 0 radical (unpaired) electrons. The van der Waals surface area contributed by atoms with Crippen LogP contribution >= 0.6 is 11.3 Å². The van der Waals surface area contributed by atoms with Crippen molar-refractivity contribution in [1.82, 2.24) is 4.98 Å². The van der Waals surface area contributed by atoms with Gasteiger partial charge >= 0.3 is 6.36 Å². The Bertz CT molecular complexity index is 498. The number of thiazole rings is 1. The summed E-state index contributed by atoms with van der Waals surface area (Å²) in [5, 5.41) is 2.85. The second-order valence-corrected chi connectivity index (χ2v) is 4.14. The predicted octanol–water partition coefficient (Wildman–Crippen LogP) is 3.24. The molecule has 2 aromatic rings. The Morgan fingerprint density at radius 2 is 2.18 bits per heavy atom. The molecular formula is C10H9F3N2OS. The van der Waals surface area contributed by atoms with Gasteiger partial charge in [-0.3, -0.25) is 4.74 Å². The average Bonchev–Trinajstić information content (AvgIpc) is 2.70. The first kappa shape index (κ1) is 12.1. The van der Waals surface area contributed by atoms with Gasteiger partial charge in [0, 0.05) is 12.2 Å². The van der Waals surface area contributed by atoms with Crippen LogP contribution in [0.4, 0.5) is 18.9 Å². The molecule has 92 valence electrons. The highest BCUT2D eigenvalue weighted by Crippen LogP contribution is 2.21. The van der Waals surface area contributed by atoms with Gasteiger partial charge in [-0.1, -0.05) is 0 Å². The average molecular weight is 262 g/mol. The Morgan fingerprint density at radius 3 is 2.94 bits per heavy atom. The van der Waals surface area contributed by atoms with Crippen molar-refractivity contribution < 1.29 is 17.9 Å². The number of nitrogens with zero attached hydrogens (tertiary/aromatic N) is 1. The number of nitrogens with one attached hydrogen (secondary N) is 1.